The van der Waals surface area contributed by atoms with Crippen molar-refractivity contribution in [2.45, 2.75) is 12.5 Å². The van der Waals surface area contributed by atoms with E-state index in [-0.39, 0.29) is 0 Å². The van der Waals surface area contributed by atoms with Gasteiger partial charge in [-0.25, -0.2) is 0 Å². The molecule has 0 aliphatic heterocycles. The smallest absolute Gasteiger partial charge is 0.320 e. The van der Waals surface area contributed by atoms with Crippen LogP contribution in [0.2, 0.25) is 0 Å². The number of para-hydroxylation sites is 1. The molecule has 4 N–H and O–H groups in total. The zero-order chi connectivity index (χ0) is 11.7. The SMILES string of the molecule is NC(Cc1cccc2c(Br)c[nH]c12)C(=O)O. The number of halogens is 1. The van der Waals surface area contributed by atoms with Crippen molar-refractivity contribution in [1.29, 1.82) is 0 Å². The van der Waals surface area contributed by atoms with Crippen molar-refractivity contribution in [3.05, 3.63) is 34.4 Å². The van der Waals surface area contributed by atoms with Crippen LogP contribution in [0.3, 0.4) is 0 Å². The van der Waals surface area contributed by atoms with Gasteiger partial charge in [0.15, 0.2) is 0 Å². The standard InChI is InChI=1S/C11H11BrN2O2/c12-8-5-14-10-6(2-1-3-7(8)10)4-9(13)11(15)16/h1-3,5,9,14H,4,13H2,(H,15,16). The number of nitrogens with two attached hydrogens (primary N) is 1. The van der Waals surface area contributed by atoms with Crippen molar-refractivity contribution >= 4 is 32.8 Å². The second kappa shape index (κ2) is 4.27. The van der Waals surface area contributed by atoms with Crippen LogP contribution in [0, 0.1) is 0 Å². The number of carbonyl (C=O) groups is 1. The highest BCUT2D eigenvalue weighted by atomic mass is 79.9. The van der Waals surface area contributed by atoms with E-state index < -0.39 is 12.0 Å². The lowest BCUT2D eigenvalue weighted by atomic mass is 10.0. The van der Waals surface area contributed by atoms with Gasteiger partial charge in [-0.2, -0.15) is 0 Å². The zero-order valence-corrected chi connectivity index (χ0v) is 9.99. The molecule has 1 aromatic heterocycles. The fourth-order valence-corrected chi connectivity index (χ4v) is 2.12. The van der Waals surface area contributed by atoms with E-state index in [4.69, 9.17) is 10.8 Å². The maximum atomic E-state index is 10.7. The zero-order valence-electron chi connectivity index (χ0n) is 8.40. The minimum absolute atomic E-state index is 0.319. The number of carboxylic acid groups (broad SMARTS) is 1. The number of aromatic amines is 1. The molecule has 0 radical (unpaired) electrons. The summed E-state index contributed by atoms with van der Waals surface area (Å²) in [4.78, 5) is 13.8. The Kier molecular flexibility index (Phi) is 2.98. The first kappa shape index (κ1) is 11.2. The van der Waals surface area contributed by atoms with Crippen LogP contribution in [0.4, 0.5) is 0 Å². The summed E-state index contributed by atoms with van der Waals surface area (Å²) >= 11 is 3.42. The molecule has 5 heteroatoms. The molecule has 0 spiro atoms. The lowest BCUT2D eigenvalue weighted by Gasteiger charge is -2.07. The number of hydrogen-bond acceptors (Lipinski definition) is 2. The van der Waals surface area contributed by atoms with E-state index in [0.717, 1.165) is 20.9 Å². The molecule has 2 rings (SSSR count). The monoisotopic (exact) mass is 282 g/mol. The number of benzene rings is 1. The van der Waals surface area contributed by atoms with Crippen LogP contribution in [0.15, 0.2) is 28.9 Å². The second-order valence-electron chi connectivity index (χ2n) is 3.63. The van der Waals surface area contributed by atoms with Crippen molar-refractivity contribution in [3.8, 4) is 0 Å². The Bertz CT molecular complexity index is 536. The molecule has 0 saturated heterocycles. The topological polar surface area (TPSA) is 79.1 Å². The molecule has 0 bridgehead atoms. The molecule has 2 aromatic rings. The summed E-state index contributed by atoms with van der Waals surface area (Å²) in [5, 5.41) is 9.81. The molecule has 0 amide bonds. The average Bonchev–Trinajstić information content (AvgIpc) is 2.62. The van der Waals surface area contributed by atoms with Crippen LogP contribution < -0.4 is 5.73 Å². The van der Waals surface area contributed by atoms with Crippen LogP contribution >= 0.6 is 15.9 Å². The van der Waals surface area contributed by atoms with Gasteiger partial charge in [0.05, 0.1) is 0 Å². The molecule has 16 heavy (non-hydrogen) atoms. The van der Waals surface area contributed by atoms with Crippen LogP contribution in [-0.4, -0.2) is 22.1 Å². The van der Waals surface area contributed by atoms with E-state index in [9.17, 15) is 4.79 Å². The number of carboxylic acids is 1. The molecular formula is C11H11BrN2O2. The summed E-state index contributed by atoms with van der Waals surface area (Å²) in [7, 11) is 0. The second-order valence-corrected chi connectivity index (χ2v) is 4.48. The lowest BCUT2D eigenvalue weighted by molar-refractivity contribution is -0.138. The number of nitrogens with one attached hydrogen (secondary N) is 1. The summed E-state index contributed by atoms with van der Waals surface area (Å²) < 4.78 is 0.966. The molecule has 0 saturated carbocycles. The van der Waals surface area contributed by atoms with E-state index >= 15 is 0 Å². The Morgan fingerprint density at radius 3 is 3.00 bits per heavy atom. The first-order valence-corrected chi connectivity index (χ1v) is 5.61. The molecule has 0 aliphatic carbocycles. The highest BCUT2D eigenvalue weighted by Gasteiger charge is 2.14. The Morgan fingerprint density at radius 2 is 2.31 bits per heavy atom. The van der Waals surface area contributed by atoms with Crippen LogP contribution in [-0.2, 0) is 11.2 Å². The van der Waals surface area contributed by atoms with Crippen molar-refractivity contribution < 1.29 is 9.90 Å². The van der Waals surface area contributed by atoms with Gasteiger partial charge in [0, 0.05) is 28.0 Å². The van der Waals surface area contributed by atoms with Crippen molar-refractivity contribution in [2.75, 3.05) is 0 Å². The van der Waals surface area contributed by atoms with Crippen molar-refractivity contribution in [3.63, 3.8) is 0 Å². The van der Waals surface area contributed by atoms with Gasteiger partial charge in [0.1, 0.15) is 6.04 Å². The predicted octanol–water partition coefficient (Wildman–Crippen LogP) is 1.88. The van der Waals surface area contributed by atoms with E-state index in [1.807, 2.05) is 24.4 Å². The van der Waals surface area contributed by atoms with E-state index in [1.165, 1.54) is 0 Å². The fourth-order valence-electron chi connectivity index (χ4n) is 1.68. The molecule has 0 fully saturated rings. The molecule has 84 valence electrons. The van der Waals surface area contributed by atoms with Gasteiger partial charge < -0.3 is 15.8 Å². The molecule has 1 heterocycles. The normalized spacial score (nSPS) is 12.9. The van der Waals surface area contributed by atoms with Crippen molar-refractivity contribution in [1.82, 2.24) is 4.98 Å². The predicted molar refractivity (Wildman–Crippen MR) is 65.3 cm³/mol. The first-order chi connectivity index (χ1) is 7.59. The van der Waals surface area contributed by atoms with Gasteiger partial charge in [-0.05, 0) is 21.5 Å². The number of aliphatic carboxylic acids is 1. The summed E-state index contributed by atoms with van der Waals surface area (Å²) in [6, 6.07) is 4.87. The average molecular weight is 283 g/mol. The van der Waals surface area contributed by atoms with Gasteiger partial charge in [0.2, 0.25) is 0 Å². The Morgan fingerprint density at radius 1 is 1.56 bits per heavy atom. The molecule has 1 unspecified atom stereocenters. The molecule has 0 aliphatic rings. The summed E-state index contributed by atoms with van der Waals surface area (Å²) in [6.07, 6.45) is 2.15. The lowest BCUT2D eigenvalue weighted by Crippen LogP contribution is -2.32. The van der Waals surface area contributed by atoms with Gasteiger partial charge in [-0.1, -0.05) is 18.2 Å². The van der Waals surface area contributed by atoms with Gasteiger partial charge in [0.25, 0.3) is 0 Å². The summed E-state index contributed by atoms with van der Waals surface area (Å²) in [5.74, 6) is -0.984. The van der Waals surface area contributed by atoms with E-state index in [2.05, 4.69) is 20.9 Å². The van der Waals surface area contributed by atoms with Crippen molar-refractivity contribution in [2.24, 2.45) is 5.73 Å². The maximum Gasteiger partial charge on any atom is 0.320 e. The Labute approximate surface area is 101 Å². The fraction of sp³-hybridized carbons (Fsp3) is 0.182. The van der Waals surface area contributed by atoms with E-state index in [0.29, 0.717) is 6.42 Å². The first-order valence-electron chi connectivity index (χ1n) is 4.82. The minimum Gasteiger partial charge on any atom is -0.480 e. The highest BCUT2D eigenvalue weighted by molar-refractivity contribution is 9.10. The quantitative estimate of drug-likeness (QED) is 0.804. The Hall–Kier alpha value is -1.33. The third kappa shape index (κ3) is 1.96. The molecular weight excluding hydrogens is 272 g/mol. The van der Waals surface area contributed by atoms with Gasteiger partial charge in [-0.15, -0.1) is 0 Å². The van der Waals surface area contributed by atoms with Gasteiger partial charge in [-0.3, -0.25) is 4.79 Å². The van der Waals surface area contributed by atoms with Gasteiger partial charge >= 0.3 is 5.97 Å². The Balaban J connectivity index is 2.41. The third-order valence-electron chi connectivity index (χ3n) is 2.51. The highest BCUT2D eigenvalue weighted by Crippen LogP contribution is 2.26. The number of rotatable bonds is 3. The van der Waals surface area contributed by atoms with E-state index in [1.54, 1.807) is 0 Å². The number of hydrogen-bond donors (Lipinski definition) is 3. The maximum absolute atomic E-state index is 10.7. The van der Waals surface area contributed by atoms with Crippen LogP contribution in [0.25, 0.3) is 10.9 Å². The van der Waals surface area contributed by atoms with Crippen LogP contribution in [0.1, 0.15) is 5.56 Å². The third-order valence-corrected chi connectivity index (χ3v) is 3.16. The largest absolute Gasteiger partial charge is 0.480 e. The molecule has 1 aromatic carbocycles. The number of H-pyrrole nitrogens is 1. The summed E-state index contributed by atoms with van der Waals surface area (Å²) in [5.41, 5.74) is 7.37. The molecule has 4 nitrogen and oxygen atoms in total. The number of aromatic nitrogens is 1. The minimum atomic E-state index is -0.984. The summed E-state index contributed by atoms with van der Waals surface area (Å²) in [6.45, 7) is 0. The van der Waals surface area contributed by atoms with Crippen LogP contribution in [0.5, 0.6) is 0 Å². The number of fused-ring (bicyclic) bond motifs is 1. The molecule has 1 atom stereocenters.